The molecule has 2 aromatic carbocycles. The molecule has 0 aliphatic rings. The Morgan fingerprint density at radius 3 is 2.10 bits per heavy atom. The summed E-state index contributed by atoms with van der Waals surface area (Å²) < 4.78 is 5.93. The molecule has 41 heavy (non-hydrogen) atoms. The number of benzene rings is 2. The van der Waals surface area contributed by atoms with Crippen molar-refractivity contribution in [1.82, 2.24) is 20.5 Å². The summed E-state index contributed by atoms with van der Waals surface area (Å²) in [7, 11) is 1.98. The first-order chi connectivity index (χ1) is 19.5. The summed E-state index contributed by atoms with van der Waals surface area (Å²) in [6.07, 6.45) is 5.36. The van der Waals surface area contributed by atoms with Crippen LogP contribution in [0.3, 0.4) is 0 Å². The Morgan fingerprint density at radius 2 is 1.49 bits per heavy atom. The van der Waals surface area contributed by atoms with E-state index in [2.05, 4.69) is 34.4 Å². The molecule has 3 aromatic rings. The molecule has 0 radical (unpaired) electrons. The molecule has 2 N–H and O–H groups in total. The van der Waals surface area contributed by atoms with E-state index in [1.54, 1.807) is 12.4 Å². The van der Waals surface area contributed by atoms with Crippen molar-refractivity contribution in [2.24, 2.45) is 5.92 Å². The summed E-state index contributed by atoms with van der Waals surface area (Å²) in [5.74, 6) is 0.904. The van der Waals surface area contributed by atoms with Crippen LogP contribution >= 0.6 is 0 Å². The predicted molar refractivity (Wildman–Crippen MR) is 165 cm³/mol. The summed E-state index contributed by atoms with van der Waals surface area (Å²) in [4.78, 5) is 33.4. The summed E-state index contributed by atoms with van der Waals surface area (Å²) in [6.45, 7) is 11.4. The van der Waals surface area contributed by atoms with E-state index in [0.717, 1.165) is 35.4 Å². The minimum atomic E-state index is -0.726. The van der Waals surface area contributed by atoms with Crippen LogP contribution in [0.4, 0.5) is 0 Å². The van der Waals surface area contributed by atoms with Gasteiger partial charge < -0.3 is 15.4 Å². The van der Waals surface area contributed by atoms with Crippen LogP contribution in [-0.4, -0.2) is 52.9 Å². The van der Waals surface area contributed by atoms with Gasteiger partial charge >= 0.3 is 0 Å². The topological polar surface area (TPSA) is 83.6 Å². The molecule has 220 valence electrons. The van der Waals surface area contributed by atoms with Gasteiger partial charge in [-0.1, -0.05) is 56.3 Å². The zero-order chi connectivity index (χ0) is 29.8. The molecule has 2 unspecified atom stereocenters. The number of aromatic nitrogens is 1. The molecule has 1 heterocycles. The fourth-order valence-corrected chi connectivity index (χ4v) is 4.44. The van der Waals surface area contributed by atoms with Gasteiger partial charge in [0.15, 0.2) is 0 Å². The van der Waals surface area contributed by atoms with Gasteiger partial charge in [-0.05, 0) is 94.1 Å². The standard InChI is InChI=1S/C34H46N4O3/c1-25(2)18-21-38(6)31(23-27-16-19-35-20-17-27)33(40)36-30(32(39)37-34(3,4)5)22-26-12-14-29(15-13-26)41-24-28-10-8-7-9-11-28/h7-17,19-20,25,30-31H,18,21-24H2,1-6H3,(H,36,40)(H,37,39). The second-order valence-electron chi connectivity index (χ2n) is 12.2. The van der Waals surface area contributed by atoms with E-state index >= 15 is 0 Å². The summed E-state index contributed by atoms with van der Waals surface area (Å²) in [5.41, 5.74) is 2.63. The predicted octanol–water partition coefficient (Wildman–Crippen LogP) is 5.19. The maximum atomic E-state index is 13.8. The van der Waals surface area contributed by atoms with Gasteiger partial charge in [-0.2, -0.15) is 0 Å². The van der Waals surface area contributed by atoms with Crippen molar-refractivity contribution in [3.05, 3.63) is 95.8 Å². The highest BCUT2D eigenvalue weighted by Gasteiger charge is 2.30. The van der Waals surface area contributed by atoms with Gasteiger partial charge in [0, 0.05) is 24.4 Å². The average Bonchev–Trinajstić information content (AvgIpc) is 2.94. The first-order valence-corrected chi connectivity index (χ1v) is 14.5. The van der Waals surface area contributed by atoms with E-state index in [9.17, 15) is 9.59 Å². The molecule has 2 amide bonds. The van der Waals surface area contributed by atoms with Crippen LogP contribution < -0.4 is 15.4 Å². The van der Waals surface area contributed by atoms with Crippen LogP contribution in [0.1, 0.15) is 57.7 Å². The van der Waals surface area contributed by atoms with Crippen molar-refractivity contribution in [2.75, 3.05) is 13.6 Å². The van der Waals surface area contributed by atoms with E-state index in [4.69, 9.17) is 4.74 Å². The number of likely N-dealkylation sites (N-methyl/N-ethyl adjacent to an activating group) is 1. The van der Waals surface area contributed by atoms with Gasteiger partial charge in [0.05, 0.1) is 6.04 Å². The van der Waals surface area contributed by atoms with Crippen LogP contribution in [0.2, 0.25) is 0 Å². The fraction of sp³-hybridized carbons (Fsp3) is 0.441. The van der Waals surface area contributed by atoms with Crippen molar-refractivity contribution in [3.63, 3.8) is 0 Å². The Bertz CT molecular complexity index is 1210. The molecule has 0 aliphatic carbocycles. The van der Waals surface area contributed by atoms with Gasteiger partial charge in [-0.25, -0.2) is 0 Å². The lowest BCUT2D eigenvalue weighted by Crippen LogP contribution is -2.57. The molecule has 0 spiro atoms. The second-order valence-corrected chi connectivity index (χ2v) is 12.2. The Morgan fingerprint density at radius 1 is 0.854 bits per heavy atom. The van der Waals surface area contributed by atoms with Crippen LogP contribution in [0.25, 0.3) is 0 Å². The molecular formula is C34H46N4O3. The highest BCUT2D eigenvalue weighted by molar-refractivity contribution is 5.90. The minimum absolute atomic E-state index is 0.162. The average molecular weight is 559 g/mol. The van der Waals surface area contributed by atoms with Gasteiger partial charge in [0.2, 0.25) is 11.8 Å². The number of nitrogens with one attached hydrogen (secondary N) is 2. The number of rotatable bonds is 14. The summed E-state index contributed by atoms with van der Waals surface area (Å²) in [5, 5.41) is 6.15. The number of nitrogens with zero attached hydrogens (tertiary/aromatic N) is 2. The second kappa shape index (κ2) is 15.3. The highest BCUT2D eigenvalue weighted by atomic mass is 16.5. The number of carbonyl (C=O) groups is 2. The SMILES string of the molecule is CC(C)CCN(C)C(Cc1ccncc1)C(=O)NC(Cc1ccc(OCc2ccccc2)cc1)C(=O)NC(C)(C)C. The van der Waals surface area contributed by atoms with Crippen molar-refractivity contribution >= 4 is 11.8 Å². The normalized spacial score (nSPS) is 13.1. The molecule has 0 fully saturated rings. The van der Waals surface area contributed by atoms with Crippen LogP contribution in [0, 0.1) is 5.92 Å². The van der Waals surface area contributed by atoms with E-state index in [1.165, 1.54) is 0 Å². The van der Waals surface area contributed by atoms with Crippen molar-refractivity contribution < 1.29 is 14.3 Å². The van der Waals surface area contributed by atoms with Gasteiger partial charge in [0.25, 0.3) is 0 Å². The first kappa shape index (κ1) is 31.8. The van der Waals surface area contributed by atoms with Crippen LogP contribution in [-0.2, 0) is 29.0 Å². The molecule has 0 aliphatic heterocycles. The highest BCUT2D eigenvalue weighted by Crippen LogP contribution is 2.17. The molecular weight excluding hydrogens is 512 g/mol. The van der Waals surface area contributed by atoms with E-state index in [-0.39, 0.29) is 11.8 Å². The van der Waals surface area contributed by atoms with Gasteiger partial charge in [-0.15, -0.1) is 0 Å². The van der Waals surface area contributed by atoms with Crippen LogP contribution in [0.15, 0.2) is 79.1 Å². The number of hydrogen-bond acceptors (Lipinski definition) is 5. The number of amides is 2. The molecule has 1 aromatic heterocycles. The number of pyridine rings is 1. The Kier molecular flexibility index (Phi) is 11.9. The molecule has 0 saturated heterocycles. The lowest BCUT2D eigenvalue weighted by Gasteiger charge is -2.31. The third kappa shape index (κ3) is 11.4. The quantitative estimate of drug-likeness (QED) is 0.285. The lowest BCUT2D eigenvalue weighted by molar-refractivity contribution is -0.132. The first-order valence-electron chi connectivity index (χ1n) is 14.5. The van der Waals surface area contributed by atoms with Gasteiger partial charge in [0.1, 0.15) is 18.4 Å². The zero-order valence-corrected chi connectivity index (χ0v) is 25.4. The van der Waals surface area contributed by atoms with Crippen LogP contribution in [0.5, 0.6) is 5.75 Å². The zero-order valence-electron chi connectivity index (χ0n) is 25.4. The molecule has 2 atom stereocenters. The minimum Gasteiger partial charge on any atom is -0.489 e. The summed E-state index contributed by atoms with van der Waals surface area (Å²) in [6, 6.07) is 20.4. The molecule has 7 heteroatoms. The molecule has 0 bridgehead atoms. The van der Waals surface area contributed by atoms with E-state index < -0.39 is 17.6 Å². The Hall–Kier alpha value is -3.71. The van der Waals surface area contributed by atoms with E-state index in [1.807, 2.05) is 94.5 Å². The lowest BCUT2D eigenvalue weighted by atomic mass is 10.0. The number of ether oxygens (including phenoxy) is 1. The Balaban J connectivity index is 1.75. The molecule has 3 rings (SSSR count). The maximum Gasteiger partial charge on any atom is 0.243 e. The number of carbonyl (C=O) groups excluding carboxylic acids is 2. The largest absolute Gasteiger partial charge is 0.489 e. The number of hydrogen-bond donors (Lipinski definition) is 2. The Labute approximate surface area is 245 Å². The van der Waals surface area contributed by atoms with Crippen molar-refractivity contribution in [1.29, 1.82) is 0 Å². The third-order valence-electron chi connectivity index (χ3n) is 6.81. The van der Waals surface area contributed by atoms with E-state index in [0.29, 0.717) is 25.4 Å². The molecule has 7 nitrogen and oxygen atoms in total. The smallest absolute Gasteiger partial charge is 0.243 e. The monoisotopic (exact) mass is 558 g/mol. The fourth-order valence-electron chi connectivity index (χ4n) is 4.44. The van der Waals surface area contributed by atoms with Crippen molar-refractivity contribution in [2.45, 2.75) is 78.1 Å². The van der Waals surface area contributed by atoms with Crippen molar-refractivity contribution in [3.8, 4) is 5.75 Å². The van der Waals surface area contributed by atoms with Gasteiger partial charge in [-0.3, -0.25) is 19.5 Å². The molecule has 0 saturated carbocycles. The maximum absolute atomic E-state index is 13.8. The third-order valence-corrected chi connectivity index (χ3v) is 6.81. The summed E-state index contributed by atoms with van der Waals surface area (Å²) >= 11 is 0.